The van der Waals surface area contributed by atoms with Crippen molar-refractivity contribution in [3.05, 3.63) is 75.5 Å². The molecule has 47 heavy (non-hydrogen) atoms. The molecule has 3 aromatic rings. The molecule has 1 aliphatic carbocycles. The molecular formula is C29H34BrClFN8O5PS. The third-order valence-corrected chi connectivity index (χ3v) is 9.63. The second kappa shape index (κ2) is 16.5. The predicted octanol–water partition coefficient (Wildman–Crippen LogP) is 6.06. The highest BCUT2D eigenvalue weighted by Gasteiger charge is 2.36. The number of esters is 1. The van der Waals surface area contributed by atoms with Gasteiger partial charge in [0, 0.05) is 29.4 Å². The highest BCUT2D eigenvalue weighted by atomic mass is 79.9. The van der Waals surface area contributed by atoms with Crippen LogP contribution in [0.25, 0.3) is 11.2 Å². The molecule has 1 saturated heterocycles. The molecule has 5 rings (SSSR count). The summed E-state index contributed by atoms with van der Waals surface area (Å²) in [5.74, 6) is 0.198. The van der Waals surface area contributed by atoms with E-state index in [1.54, 1.807) is 11.3 Å². The summed E-state index contributed by atoms with van der Waals surface area (Å²) in [6.45, 7) is 1.71. The summed E-state index contributed by atoms with van der Waals surface area (Å²) in [6.07, 6.45) is 11.6. The second-order valence-electron chi connectivity index (χ2n) is 10.6. The fourth-order valence-corrected chi connectivity index (χ4v) is 6.91. The maximum absolute atomic E-state index is 14.1. The van der Waals surface area contributed by atoms with E-state index in [1.165, 1.54) is 30.1 Å². The number of anilines is 2. The summed E-state index contributed by atoms with van der Waals surface area (Å²) < 4.78 is 40.9. The Hall–Kier alpha value is -2.82. The number of imidazole rings is 1. The number of hydrogen-bond acceptors (Lipinski definition) is 13. The molecule has 2 aliphatic rings. The van der Waals surface area contributed by atoms with Gasteiger partial charge in [0.05, 0.1) is 24.1 Å². The summed E-state index contributed by atoms with van der Waals surface area (Å²) in [5.41, 5.74) is 7.29. The fourth-order valence-electron chi connectivity index (χ4n) is 4.90. The maximum Gasteiger partial charge on any atom is 0.320 e. The third-order valence-electron chi connectivity index (χ3n) is 7.09. The van der Waals surface area contributed by atoms with E-state index in [0.29, 0.717) is 35.6 Å². The van der Waals surface area contributed by atoms with Crippen LogP contribution in [-0.2, 0) is 29.9 Å². The van der Waals surface area contributed by atoms with Gasteiger partial charge in [-0.15, -0.1) is 0 Å². The summed E-state index contributed by atoms with van der Waals surface area (Å²) in [7, 11) is 0.0158. The molecule has 0 spiro atoms. The number of nitrogen functional groups attached to an aromatic ring is 1. The number of halogens is 3. The SMILES string of the molecule is CSNN(C)c1nc(N)nc2c1ncn2[C@@H]1OC(COP(NCC(=O)OCc2c(F)cccc2Cl)OC2=CC=C(Br)C=CC2)CC1C. The van der Waals surface area contributed by atoms with Gasteiger partial charge in [-0.25, -0.2) is 14.5 Å². The van der Waals surface area contributed by atoms with Gasteiger partial charge < -0.3 is 24.3 Å². The van der Waals surface area contributed by atoms with Crippen molar-refractivity contribution < 1.29 is 27.7 Å². The lowest BCUT2D eigenvalue weighted by Gasteiger charge is -2.22. The molecule has 3 heterocycles. The highest BCUT2D eigenvalue weighted by Crippen LogP contribution is 2.42. The molecule has 2 aromatic heterocycles. The van der Waals surface area contributed by atoms with E-state index in [9.17, 15) is 9.18 Å². The number of hydrazine groups is 1. The topological polar surface area (TPSA) is 151 Å². The molecule has 1 aliphatic heterocycles. The Bertz CT molecular complexity index is 1660. The van der Waals surface area contributed by atoms with Gasteiger partial charge in [-0.1, -0.05) is 64.6 Å². The zero-order chi connectivity index (χ0) is 33.5. The minimum absolute atomic E-state index is 0.0835. The highest BCUT2D eigenvalue weighted by molar-refractivity contribution is 9.11. The first-order valence-corrected chi connectivity index (χ1v) is 18.0. The van der Waals surface area contributed by atoms with E-state index < -0.39 is 20.3 Å². The zero-order valence-corrected chi connectivity index (χ0v) is 29.8. The Balaban J connectivity index is 1.23. The van der Waals surface area contributed by atoms with Crippen LogP contribution in [0.2, 0.25) is 5.02 Å². The molecule has 4 N–H and O–H groups in total. The molecule has 4 atom stereocenters. The van der Waals surface area contributed by atoms with Gasteiger partial charge in [-0.2, -0.15) is 14.8 Å². The Kier molecular flexibility index (Phi) is 12.5. The van der Waals surface area contributed by atoms with Gasteiger partial charge in [0.25, 0.3) is 0 Å². The number of rotatable bonds is 14. The van der Waals surface area contributed by atoms with Gasteiger partial charge in [0.2, 0.25) is 5.95 Å². The first-order valence-electron chi connectivity index (χ1n) is 14.5. The van der Waals surface area contributed by atoms with Crippen LogP contribution in [0, 0.1) is 11.7 Å². The Labute approximate surface area is 290 Å². The van der Waals surface area contributed by atoms with Crippen LogP contribution in [0.3, 0.4) is 0 Å². The number of aromatic nitrogens is 4. The molecule has 0 saturated carbocycles. The number of benzene rings is 1. The molecule has 252 valence electrons. The lowest BCUT2D eigenvalue weighted by atomic mass is 10.1. The number of hydrogen-bond donors (Lipinski definition) is 3. The van der Waals surface area contributed by atoms with Gasteiger partial charge in [-0.05, 0) is 37.0 Å². The van der Waals surface area contributed by atoms with E-state index in [2.05, 4.69) is 47.7 Å². The van der Waals surface area contributed by atoms with E-state index in [1.807, 2.05) is 42.2 Å². The van der Waals surface area contributed by atoms with Gasteiger partial charge in [0.15, 0.2) is 17.0 Å². The van der Waals surface area contributed by atoms with Crippen molar-refractivity contribution >= 4 is 76.9 Å². The van der Waals surface area contributed by atoms with Gasteiger partial charge >= 0.3 is 14.5 Å². The molecule has 0 amide bonds. The van der Waals surface area contributed by atoms with Crippen molar-refractivity contribution in [1.82, 2.24) is 29.4 Å². The number of carbonyl (C=O) groups excluding carboxylic acids is 1. The number of fused-ring (bicyclic) bond motifs is 1. The number of nitrogens with zero attached hydrogens (tertiary/aromatic N) is 5. The van der Waals surface area contributed by atoms with Crippen molar-refractivity contribution in [3.63, 3.8) is 0 Å². The summed E-state index contributed by atoms with van der Waals surface area (Å²) in [5, 5.41) is 4.91. The van der Waals surface area contributed by atoms with Crippen LogP contribution in [0.15, 0.2) is 59.1 Å². The Morgan fingerprint density at radius 2 is 2.19 bits per heavy atom. The van der Waals surface area contributed by atoms with E-state index in [-0.39, 0.29) is 54.5 Å². The average Bonchev–Trinajstić information content (AvgIpc) is 3.55. The van der Waals surface area contributed by atoms with Gasteiger partial charge in [-0.3, -0.25) is 14.4 Å². The molecule has 18 heteroatoms. The van der Waals surface area contributed by atoms with E-state index in [4.69, 9.17) is 35.9 Å². The lowest BCUT2D eigenvalue weighted by Crippen LogP contribution is -2.29. The van der Waals surface area contributed by atoms with E-state index >= 15 is 0 Å². The number of carbonyl (C=O) groups is 1. The van der Waals surface area contributed by atoms with Crippen LogP contribution in [0.4, 0.5) is 16.2 Å². The molecule has 1 aromatic carbocycles. The fraction of sp³-hybridized carbons (Fsp3) is 0.379. The molecule has 0 bridgehead atoms. The predicted molar refractivity (Wildman–Crippen MR) is 184 cm³/mol. The molecule has 1 fully saturated rings. The first-order chi connectivity index (χ1) is 22.6. The van der Waals surface area contributed by atoms with Gasteiger partial charge in [0.1, 0.15) is 31.0 Å². The van der Waals surface area contributed by atoms with Crippen LogP contribution < -0.4 is 20.7 Å². The van der Waals surface area contributed by atoms with Crippen LogP contribution in [0.5, 0.6) is 0 Å². The van der Waals surface area contributed by atoms with Crippen molar-refractivity contribution in [2.24, 2.45) is 5.92 Å². The second-order valence-corrected chi connectivity index (χ2v) is 13.8. The standard InChI is InChI=1S/C29H34BrClFN8O5PS/c1-17-12-20(44-28(17)40-16-34-25-26(39(2)38-47-3)36-29(33)37-27(25)40)14-43-46(45-19-7-4-6-18(30)10-11-19)35-13-24(41)42-15-21-22(31)8-5-9-23(21)32/h4-6,8-11,16-17,20,28,35,38H,7,12-15H2,1-3H3,(H2,33,36,37)/t17?,20?,28-,46?/m1/s1. The quantitative estimate of drug-likeness (QED) is 0.0755. The largest absolute Gasteiger partial charge is 0.460 e. The number of nitrogens with two attached hydrogens (primary N) is 1. The minimum atomic E-state index is -1.81. The minimum Gasteiger partial charge on any atom is -0.460 e. The number of ether oxygens (including phenoxy) is 2. The summed E-state index contributed by atoms with van der Waals surface area (Å²) in [6, 6.07) is 4.27. The molecule has 13 nitrogen and oxygen atoms in total. The number of nitrogens with one attached hydrogen (secondary N) is 2. The third kappa shape index (κ3) is 9.21. The Morgan fingerprint density at radius 1 is 1.36 bits per heavy atom. The number of allylic oxidation sites excluding steroid dienone is 5. The maximum atomic E-state index is 14.1. The lowest BCUT2D eigenvalue weighted by molar-refractivity contribution is -0.143. The normalized spacial score (nSPS) is 20.1. The van der Waals surface area contributed by atoms with Crippen molar-refractivity contribution in [2.75, 3.05) is 37.2 Å². The van der Waals surface area contributed by atoms with Crippen LogP contribution >= 0.6 is 48.0 Å². The zero-order valence-electron chi connectivity index (χ0n) is 25.7. The molecule has 3 unspecified atom stereocenters. The smallest absolute Gasteiger partial charge is 0.320 e. The van der Waals surface area contributed by atoms with Crippen LogP contribution in [0.1, 0.15) is 31.6 Å². The van der Waals surface area contributed by atoms with Crippen LogP contribution in [-0.4, -0.2) is 58.0 Å². The van der Waals surface area contributed by atoms with Crippen molar-refractivity contribution in [2.45, 2.75) is 38.7 Å². The summed E-state index contributed by atoms with van der Waals surface area (Å²) >= 11 is 10.9. The average molecular weight is 772 g/mol. The first kappa shape index (κ1) is 35.5. The van der Waals surface area contributed by atoms with Crippen molar-refractivity contribution in [3.8, 4) is 0 Å². The molecular weight excluding hydrogens is 738 g/mol. The van der Waals surface area contributed by atoms with E-state index in [0.717, 1.165) is 4.48 Å². The van der Waals surface area contributed by atoms with Crippen molar-refractivity contribution in [1.29, 1.82) is 0 Å². The Morgan fingerprint density at radius 3 is 2.98 bits per heavy atom. The summed E-state index contributed by atoms with van der Waals surface area (Å²) in [4.78, 5) is 29.1. The monoisotopic (exact) mass is 770 g/mol. The molecule has 0 radical (unpaired) electrons.